The SMILES string of the molecule is CCOC(=O)Cn1c(=NC(=O)c2cc3cc([N+](=O)[O-])ccc3s2)sc2cccc(F)c21. The number of nitro benzene ring substituents is 1. The molecular formula is C20H14FN3O5S2. The summed E-state index contributed by atoms with van der Waals surface area (Å²) >= 11 is 2.22. The zero-order valence-corrected chi connectivity index (χ0v) is 17.7. The second-order valence-corrected chi connectivity index (χ2v) is 8.46. The van der Waals surface area contributed by atoms with Gasteiger partial charge in [-0.3, -0.25) is 19.7 Å². The first kappa shape index (κ1) is 20.8. The standard InChI is InChI=1S/C20H14FN3O5S2/c1-2-29-17(25)10-23-18-13(21)4-3-5-15(18)31-20(23)22-19(26)16-9-11-8-12(24(27)28)6-7-14(11)30-16/h3-9H,2,10H2,1H3. The number of benzene rings is 2. The van der Waals surface area contributed by atoms with Crippen molar-refractivity contribution in [1.29, 1.82) is 0 Å². The van der Waals surface area contributed by atoms with E-state index >= 15 is 0 Å². The molecular weight excluding hydrogens is 445 g/mol. The Morgan fingerprint density at radius 3 is 2.74 bits per heavy atom. The van der Waals surface area contributed by atoms with Crippen molar-refractivity contribution in [3.63, 3.8) is 0 Å². The lowest BCUT2D eigenvalue weighted by molar-refractivity contribution is -0.384. The van der Waals surface area contributed by atoms with Crippen molar-refractivity contribution in [2.75, 3.05) is 6.61 Å². The van der Waals surface area contributed by atoms with E-state index in [1.807, 2.05) is 0 Å². The third-order valence-corrected chi connectivity index (χ3v) is 6.51. The highest BCUT2D eigenvalue weighted by atomic mass is 32.1. The number of halogens is 1. The molecule has 1 amide bonds. The number of esters is 1. The minimum Gasteiger partial charge on any atom is -0.465 e. The van der Waals surface area contributed by atoms with Crippen LogP contribution >= 0.6 is 22.7 Å². The predicted molar refractivity (Wildman–Crippen MR) is 115 cm³/mol. The lowest BCUT2D eigenvalue weighted by Gasteiger charge is -2.05. The fourth-order valence-corrected chi connectivity index (χ4v) is 5.02. The van der Waals surface area contributed by atoms with Gasteiger partial charge < -0.3 is 9.30 Å². The fraction of sp³-hybridized carbons (Fsp3) is 0.150. The van der Waals surface area contributed by atoms with Crippen LogP contribution in [0.4, 0.5) is 10.1 Å². The molecule has 2 heterocycles. The van der Waals surface area contributed by atoms with Crippen molar-refractivity contribution in [3.8, 4) is 0 Å². The van der Waals surface area contributed by atoms with E-state index in [1.165, 1.54) is 34.9 Å². The molecule has 4 aromatic rings. The van der Waals surface area contributed by atoms with E-state index in [-0.39, 0.29) is 34.0 Å². The van der Waals surface area contributed by atoms with Crippen molar-refractivity contribution in [1.82, 2.24) is 4.57 Å². The Bertz CT molecular complexity index is 1420. The van der Waals surface area contributed by atoms with E-state index in [0.29, 0.717) is 14.8 Å². The van der Waals surface area contributed by atoms with E-state index in [4.69, 9.17) is 4.74 Å². The maximum atomic E-state index is 14.5. The van der Waals surface area contributed by atoms with E-state index in [1.54, 1.807) is 19.1 Å². The summed E-state index contributed by atoms with van der Waals surface area (Å²) in [7, 11) is 0. The molecule has 0 saturated carbocycles. The molecule has 0 spiro atoms. The molecule has 0 aliphatic rings. The zero-order valence-electron chi connectivity index (χ0n) is 16.0. The van der Waals surface area contributed by atoms with Crippen LogP contribution in [0.3, 0.4) is 0 Å². The summed E-state index contributed by atoms with van der Waals surface area (Å²) in [4.78, 5) is 39.9. The van der Waals surface area contributed by atoms with Crippen LogP contribution in [0.15, 0.2) is 47.5 Å². The molecule has 0 aliphatic heterocycles. The second kappa shape index (κ2) is 8.36. The molecule has 4 rings (SSSR count). The number of amides is 1. The summed E-state index contributed by atoms with van der Waals surface area (Å²) in [6.45, 7) is 1.54. The van der Waals surface area contributed by atoms with Gasteiger partial charge in [0.05, 0.1) is 26.6 Å². The van der Waals surface area contributed by atoms with Crippen molar-refractivity contribution < 1.29 is 23.6 Å². The summed E-state index contributed by atoms with van der Waals surface area (Å²) in [6.07, 6.45) is 0. The average molecular weight is 459 g/mol. The number of non-ortho nitro benzene ring substituents is 1. The Morgan fingerprint density at radius 1 is 1.19 bits per heavy atom. The first-order valence-electron chi connectivity index (χ1n) is 9.08. The normalized spacial score (nSPS) is 11.9. The molecule has 0 atom stereocenters. The Hall–Kier alpha value is -3.44. The van der Waals surface area contributed by atoms with Crippen LogP contribution in [0.2, 0.25) is 0 Å². The van der Waals surface area contributed by atoms with Crippen LogP contribution in [0, 0.1) is 15.9 Å². The van der Waals surface area contributed by atoms with Gasteiger partial charge in [-0.1, -0.05) is 17.4 Å². The third-order valence-electron chi connectivity index (χ3n) is 4.36. The van der Waals surface area contributed by atoms with E-state index < -0.39 is 22.6 Å². The summed E-state index contributed by atoms with van der Waals surface area (Å²) in [6, 6.07) is 10.3. The van der Waals surface area contributed by atoms with Gasteiger partial charge in [0.15, 0.2) is 4.80 Å². The number of fused-ring (bicyclic) bond motifs is 2. The number of hydrogen-bond acceptors (Lipinski definition) is 7. The van der Waals surface area contributed by atoms with Gasteiger partial charge in [0.2, 0.25) is 0 Å². The second-order valence-electron chi connectivity index (χ2n) is 6.37. The number of nitrogens with zero attached hydrogens (tertiary/aromatic N) is 3. The molecule has 0 saturated heterocycles. The van der Waals surface area contributed by atoms with E-state index in [9.17, 15) is 24.1 Å². The highest BCUT2D eigenvalue weighted by molar-refractivity contribution is 7.21. The summed E-state index contributed by atoms with van der Waals surface area (Å²) in [5, 5.41) is 11.5. The minimum absolute atomic E-state index is 0.0755. The number of nitro groups is 1. The van der Waals surface area contributed by atoms with Crippen LogP contribution in [0.1, 0.15) is 16.6 Å². The Kier molecular flexibility index (Phi) is 5.61. The Balaban J connectivity index is 1.80. The predicted octanol–water partition coefficient (Wildman–Crippen LogP) is 4.27. The fourth-order valence-electron chi connectivity index (χ4n) is 3.05. The minimum atomic E-state index is -0.589. The molecule has 8 nitrogen and oxygen atoms in total. The van der Waals surface area contributed by atoms with Crippen molar-refractivity contribution in [2.45, 2.75) is 13.5 Å². The maximum absolute atomic E-state index is 14.5. The molecule has 0 N–H and O–H groups in total. The number of carbonyl (C=O) groups excluding carboxylic acids is 2. The molecule has 11 heteroatoms. The molecule has 0 radical (unpaired) electrons. The monoisotopic (exact) mass is 459 g/mol. The largest absolute Gasteiger partial charge is 0.465 e. The molecule has 0 aliphatic carbocycles. The first-order chi connectivity index (χ1) is 14.9. The zero-order chi connectivity index (χ0) is 22.1. The molecule has 0 unspecified atom stereocenters. The van der Waals surface area contributed by atoms with Gasteiger partial charge in [0, 0.05) is 22.2 Å². The number of ether oxygens (including phenoxy) is 1. The lowest BCUT2D eigenvalue weighted by atomic mass is 10.2. The van der Waals surface area contributed by atoms with Crippen LogP contribution in [0.25, 0.3) is 20.3 Å². The molecule has 0 bridgehead atoms. The number of carbonyl (C=O) groups is 2. The molecule has 0 fully saturated rings. The molecule has 2 aromatic heterocycles. The number of rotatable bonds is 5. The lowest BCUT2D eigenvalue weighted by Crippen LogP contribution is -2.23. The molecule has 158 valence electrons. The molecule has 31 heavy (non-hydrogen) atoms. The number of aromatic nitrogens is 1. The van der Waals surface area contributed by atoms with Gasteiger partial charge in [0.25, 0.3) is 11.6 Å². The number of para-hydroxylation sites is 1. The highest BCUT2D eigenvalue weighted by Gasteiger charge is 2.17. The van der Waals surface area contributed by atoms with Crippen molar-refractivity contribution in [3.05, 3.63) is 68.1 Å². The Labute approximate surface area is 182 Å². The Morgan fingerprint density at radius 2 is 2.00 bits per heavy atom. The quantitative estimate of drug-likeness (QED) is 0.252. The van der Waals surface area contributed by atoms with Crippen LogP contribution in [0.5, 0.6) is 0 Å². The number of thiophene rings is 1. The smallest absolute Gasteiger partial charge is 0.326 e. The topological polar surface area (TPSA) is 104 Å². The van der Waals surface area contributed by atoms with Crippen LogP contribution < -0.4 is 4.80 Å². The van der Waals surface area contributed by atoms with E-state index in [2.05, 4.69) is 4.99 Å². The number of hydrogen-bond donors (Lipinski definition) is 0. The number of thiazole rings is 1. The van der Waals surface area contributed by atoms with Crippen LogP contribution in [-0.4, -0.2) is 28.0 Å². The summed E-state index contributed by atoms with van der Waals surface area (Å²) < 4.78 is 22.0. The summed E-state index contributed by atoms with van der Waals surface area (Å²) in [5.41, 5.74) is 0.0903. The van der Waals surface area contributed by atoms with Gasteiger partial charge in [-0.05, 0) is 31.2 Å². The van der Waals surface area contributed by atoms with Crippen LogP contribution in [-0.2, 0) is 16.1 Å². The maximum Gasteiger partial charge on any atom is 0.326 e. The third kappa shape index (κ3) is 4.09. The van der Waals surface area contributed by atoms with Gasteiger partial charge in [-0.15, -0.1) is 11.3 Å². The molecule has 2 aromatic carbocycles. The van der Waals surface area contributed by atoms with Crippen molar-refractivity contribution >= 4 is 60.5 Å². The van der Waals surface area contributed by atoms with E-state index in [0.717, 1.165) is 22.7 Å². The first-order valence-corrected chi connectivity index (χ1v) is 10.7. The van der Waals surface area contributed by atoms with Gasteiger partial charge >= 0.3 is 5.97 Å². The van der Waals surface area contributed by atoms with Gasteiger partial charge in [-0.2, -0.15) is 4.99 Å². The van der Waals surface area contributed by atoms with Gasteiger partial charge in [-0.25, -0.2) is 4.39 Å². The van der Waals surface area contributed by atoms with Crippen molar-refractivity contribution in [2.24, 2.45) is 4.99 Å². The average Bonchev–Trinajstić information content (AvgIpc) is 3.30. The van der Waals surface area contributed by atoms with Gasteiger partial charge in [0.1, 0.15) is 12.4 Å². The summed E-state index contributed by atoms with van der Waals surface area (Å²) in [5.74, 6) is -1.71. The highest BCUT2D eigenvalue weighted by Crippen LogP contribution is 2.29.